The Hall–Kier alpha value is -0.350. The first-order chi connectivity index (χ1) is 5.64. The van der Waals surface area contributed by atoms with Crippen molar-refractivity contribution in [2.24, 2.45) is 0 Å². The lowest BCUT2D eigenvalue weighted by Crippen LogP contribution is -2.33. The smallest absolute Gasteiger partial charge is 0.212 e. The summed E-state index contributed by atoms with van der Waals surface area (Å²) >= 11 is 0. The molecule has 0 bridgehead atoms. The second kappa shape index (κ2) is 4.05. The van der Waals surface area contributed by atoms with Crippen LogP contribution < -0.4 is 4.72 Å². The van der Waals surface area contributed by atoms with E-state index < -0.39 is 10.0 Å². The van der Waals surface area contributed by atoms with Crippen LogP contribution in [0.3, 0.4) is 0 Å². The van der Waals surface area contributed by atoms with Crippen molar-refractivity contribution in [3.63, 3.8) is 0 Å². The summed E-state index contributed by atoms with van der Waals surface area (Å²) in [5, 5.41) is 0. The Balaban J connectivity index is 2.43. The average Bonchev–Trinajstić information content (AvgIpc) is 2.38. The van der Waals surface area contributed by atoms with Crippen molar-refractivity contribution in [1.82, 2.24) is 4.72 Å². The standard InChI is InChI=1S/C8H15NO2S/c1-2-7-12(10,11)9-8-5-3-4-6-8/h2,8-9H,1,3-7H2. The molecule has 1 fully saturated rings. The van der Waals surface area contributed by atoms with Gasteiger partial charge in [-0.15, -0.1) is 6.58 Å². The molecule has 0 amide bonds. The summed E-state index contributed by atoms with van der Waals surface area (Å²) in [4.78, 5) is 0. The predicted molar refractivity (Wildman–Crippen MR) is 49.4 cm³/mol. The number of sulfonamides is 1. The van der Waals surface area contributed by atoms with Crippen LogP contribution in [0, 0.1) is 0 Å². The second-order valence-corrected chi connectivity index (χ2v) is 4.97. The summed E-state index contributed by atoms with van der Waals surface area (Å²) in [7, 11) is -3.08. The molecule has 1 saturated carbocycles. The van der Waals surface area contributed by atoms with E-state index in [0.717, 1.165) is 25.7 Å². The Morgan fingerprint density at radius 2 is 2.00 bits per heavy atom. The Morgan fingerprint density at radius 3 is 2.50 bits per heavy atom. The van der Waals surface area contributed by atoms with Crippen molar-refractivity contribution < 1.29 is 8.42 Å². The van der Waals surface area contributed by atoms with Gasteiger partial charge >= 0.3 is 0 Å². The maximum absolute atomic E-state index is 11.2. The molecule has 1 aliphatic carbocycles. The Kier molecular flexibility index (Phi) is 3.29. The van der Waals surface area contributed by atoms with E-state index in [2.05, 4.69) is 11.3 Å². The SMILES string of the molecule is C=CCS(=O)(=O)NC1CCCC1. The normalized spacial score (nSPS) is 19.7. The summed E-state index contributed by atoms with van der Waals surface area (Å²) in [5.41, 5.74) is 0. The summed E-state index contributed by atoms with van der Waals surface area (Å²) in [6, 6.07) is 0.176. The van der Waals surface area contributed by atoms with Crippen LogP contribution in [-0.4, -0.2) is 20.2 Å². The largest absolute Gasteiger partial charge is 0.215 e. The van der Waals surface area contributed by atoms with Crippen LogP contribution in [0.1, 0.15) is 25.7 Å². The van der Waals surface area contributed by atoms with E-state index in [-0.39, 0.29) is 11.8 Å². The topological polar surface area (TPSA) is 46.2 Å². The highest BCUT2D eigenvalue weighted by Crippen LogP contribution is 2.18. The summed E-state index contributed by atoms with van der Waals surface area (Å²) in [5.74, 6) is 0.0312. The molecule has 4 heteroatoms. The highest BCUT2D eigenvalue weighted by molar-refractivity contribution is 7.89. The number of hydrogen-bond donors (Lipinski definition) is 1. The molecule has 0 aromatic heterocycles. The van der Waals surface area contributed by atoms with Crippen LogP contribution in [0.15, 0.2) is 12.7 Å². The third-order valence-electron chi connectivity index (χ3n) is 2.04. The van der Waals surface area contributed by atoms with Crippen LogP contribution >= 0.6 is 0 Å². The zero-order valence-corrected chi connectivity index (χ0v) is 7.94. The first kappa shape index (κ1) is 9.74. The monoisotopic (exact) mass is 189 g/mol. The Morgan fingerprint density at radius 1 is 1.42 bits per heavy atom. The van der Waals surface area contributed by atoms with Gasteiger partial charge in [-0.3, -0.25) is 0 Å². The number of nitrogens with one attached hydrogen (secondary N) is 1. The van der Waals surface area contributed by atoms with Crippen molar-refractivity contribution in [3.05, 3.63) is 12.7 Å². The molecule has 1 rings (SSSR count). The molecule has 0 spiro atoms. The lowest BCUT2D eigenvalue weighted by atomic mass is 10.3. The minimum absolute atomic E-state index is 0.0312. The minimum atomic E-state index is -3.08. The van der Waals surface area contributed by atoms with Gasteiger partial charge in [-0.25, -0.2) is 13.1 Å². The third kappa shape index (κ3) is 2.95. The quantitative estimate of drug-likeness (QED) is 0.671. The van der Waals surface area contributed by atoms with Crippen LogP contribution in [0.5, 0.6) is 0 Å². The number of rotatable bonds is 4. The molecular weight excluding hydrogens is 174 g/mol. The van der Waals surface area contributed by atoms with Crippen LogP contribution in [-0.2, 0) is 10.0 Å². The molecule has 0 heterocycles. The zero-order valence-electron chi connectivity index (χ0n) is 7.12. The fourth-order valence-corrected chi connectivity index (χ4v) is 2.65. The van der Waals surface area contributed by atoms with E-state index in [1.54, 1.807) is 0 Å². The van der Waals surface area contributed by atoms with E-state index in [4.69, 9.17) is 0 Å². The molecule has 70 valence electrons. The molecule has 0 radical (unpaired) electrons. The Labute approximate surface area is 73.9 Å². The van der Waals surface area contributed by atoms with Crippen molar-refractivity contribution >= 4 is 10.0 Å². The zero-order chi connectivity index (χ0) is 9.03. The number of hydrogen-bond acceptors (Lipinski definition) is 2. The summed E-state index contributed by atoms with van der Waals surface area (Å²) in [6.07, 6.45) is 5.66. The lowest BCUT2D eigenvalue weighted by molar-refractivity contribution is 0.555. The van der Waals surface area contributed by atoms with Gasteiger partial charge in [0.1, 0.15) is 0 Å². The average molecular weight is 189 g/mol. The fraction of sp³-hybridized carbons (Fsp3) is 0.750. The molecule has 0 unspecified atom stereocenters. The highest BCUT2D eigenvalue weighted by Gasteiger charge is 2.19. The van der Waals surface area contributed by atoms with E-state index in [0.29, 0.717) is 0 Å². The van der Waals surface area contributed by atoms with Crippen molar-refractivity contribution in [3.8, 4) is 0 Å². The van der Waals surface area contributed by atoms with Gasteiger partial charge in [-0.1, -0.05) is 18.9 Å². The van der Waals surface area contributed by atoms with Gasteiger partial charge in [-0.05, 0) is 12.8 Å². The maximum atomic E-state index is 11.2. The van der Waals surface area contributed by atoms with Gasteiger partial charge in [-0.2, -0.15) is 0 Å². The first-order valence-electron chi connectivity index (χ1n) is 4.25. The van der Waals surface area contributed by atoms with Gasteiger partial charge in [0.05, 0.1) is 5.75 Å². The molecule has 0 aromatic rings. The molecular formula is C8H15NO2S. The van der Waals surface area contributed by atoms with Crippen molar-refractivity contribution in [2.75, 3.05) is 5.75 Å². The van der Waals surface area contributed by atoms with E-state index in [1.165, 1.54) is 6.08 Å². The van der Waals surface area contributed by atoms with E-state index in [1.807, 2.05) is 0 Å². The summed E-state index contributed by atoms with van der Waals surface area (Å²) in [6.45, 7) is 3.40. The fourth-order valence-electron chi connectivity index (χ4n) is 1.50. The highest BCUT2D eigenvalue weighted by atomic mass is 32.2. The van der Waals surface area contributed by atoms with Gasteiger partial charge < -0.3 is 0 Å². The van der Waals surface area contributed by atoms with Gasteiger partial charge in [0.15, 0.2) is 0 Å². The van der Waals surface area contributed by atoms with Crippen LogP contribution in [0.4, 0.5) is 0 Å². The Bertz CT molecular complexity index is 240. The molecule has 0 aliphatic heterocycles. The van der Waals surface area contributed by atoms with E-state index >= 15 is 0 Å². The minimum Gasteiger partial charge on any atom is -0.212 e. The molecule has 3 nitrogen and oxygen atoms in total. The molecule has 0 aromatic carbocycles. The second-order valence-electron chi connectivity index (χ2n) is 3.17. The molecule has 1 aliphatic rings. The molecule has 1 N–H and O–H groups in total. The molecule has 0 saturated heterocycles. The van der Waals surface area contributed by atoms with Gasteiger partial charge in [0.2, 0.25) is 10.0 Å². The van der Waals surface area contributed by atoms with Crippen molar-refractivity contribution in [2.45, 2.75) is 31.7 Å². The van der Waals surface area contributed by atoms with Crippen molar-refractivity contribution in [1.29, 1.82) is 0 Å². The first-order valence-corrected chi connectivity index (χ1v) is 5.90. The summed E-state index contributed by atoms with van der Waals surface area (Å²) < 4.78 is 25.1. The lowest BCUT2D eigenvalue weighted by Gasteiger charge is -2.10. The van der Waals surface area contributed by atoms with Crippen LogP contribution in [0.2, 0.25) is 0 Å². The molecule has 12 heavy (non-hydrogen) atoms. The van der Waals surface area contributed by atoms with E-state index in [9.17, 15) is 8.42 Å². The predicted octanol–water partition coefficient (Wildman–Crippen LogP) is 1.03. The van der Waals surface area contributed by atoms with Crippen LogP contribution in [0.25, 0.3) is 0 Å². The van der Waals surface area contributed by atoms with Gasteiger partial charge in [0, 0.05) is 6.04 Å². The van der Waals surface area contributed by atoms with Gasteiger partial charge in [0.25, 0.3) is 0 Å². The maximum Gasteiger partial charge on any atom is 0.215 e. The third-order valence-corrected chi connectivity index (χ3v) is 3.41. The molecule has 0 atom stereocenters.